The van der Waals surface area contributed by atoms with Crippen LogP contribution in [0.2, 0.25) is 0 Å². The van der Waals surface area contributed by atoms with Crippen molar-refractivity contribution < 1.29 is 5.11 Å². The Labute approximate surface area is 87.1 Å². The SMILES string of the molecule is Cc1ccc(N=C(N)N=C(N)N)c(O)c1. The van der Waals surface area contributed by atoms with Crippen molar-refractivity contribution in [3.8, 4) is 5.75 Å². The molecule has 0 fully saturated rings. The number of nitrogens with zero attached hydrogens (tertiary/aromatic N) is 2. The fourth-order valence-corrected chi connectivity index (χ4v) is 1.01. The zero-order valence-corrected chi connectivity index (χ0v) is 8.31. The first-order valence-corrected chi connectivity index (χ1v) is 4.22. The number of aryl methyl sites for hydroxylation is 1. The molecule has 0 aromatic heterocycles. The molecule has 0 saturated heterocycles. The molecule has 0 bridgehead atoms. The van der Waals surface area contributed by atoms with Gasteiger partial charge in [0.05, 0.1) is 0 Å². The fourth-order valence-electron chi connectivity index (χ4n) is 1.01. The summed E-state index contributed by atoms with van der Waals surface area (Å²) in [5, 5.41) is 9.50. The molecule has 1 rings (SSSR count). The Balaban J connectivity index is 3.03. The first-order valence-electron chi connectivity index (χ1n) is 4.22. The maximum atomic E-state index is 9.50. The molecule has 0 aliphatic carbocycles. The van der Waals surface area contributed by atoms with Crippen LogP contribution >= 0.6 is 0 Å². The van der Waals surface area contributed by atoms with Crippen LogP contribution in [0.5, 0.6) is 5.75 Å². The number of rotatable bonds is 1. The summed E-state index contributed by atoms with van der Waals surface area (Å²) in [6, 6.07) is 4.99. The molecule has 0 heterocycles. The Kier molecular flexibility index (Phi) is 3.12. The Morgan fingerprint density at radius 2 is 1.93 bits per heavy atom. The molecule has 0 radical (unpaired) electrons. The highest BCUT2D eigenvalue weighted by Gasteiger charge is 2.00. The fraction of sp³-hybridized carbons (Fsp3) is 0.111. The summed E-state index contributed by atoms with van der Waals surface area (Å²) >= 11 is 0. The highest BCUT2D eigenvalue weighted by Crippen LogP contribution is 2.26. The number of nitrogens with two attached hydrogens (primary N) is 3. The van der Waals surface area contributed by atoms with Crippen molar-refractivity contribution in [2.45, 2.75) is 6.92 Å². The summed E-state index contributed by atoms with van der Waals surface area (Å²) < 4.78 is 0. The molecule has 1 aromatic rings. The molecule has 0 saturated carbocycles. The quantitative estimate of drug-likeness (QED) is 0.380. The third-order valence-corrected chi connectivity index (χ3v) is 1.61. The van der Waals surface area contributed by atoms with E-state index in [-0.39, 0.29) is 17.7 Å². The zero-order chi connectivity index (χ0) is 11.4. The van der Waals surface area contributed by atoms with Crippen molar-refractivity contribution >= 4 is 17.6 Å². The molecule has 0 unspecified atom stereocenters. The summed E-state index contributed by atoms with van der Waals surface area (Å²) in [4.78, 5) is 7.36. The van der Waals surface area contributed by atoms with Crippen LogP contribution in [0.4, 0.5) is 5.69 Å². The smallest absolute Gasteiger partial charge is 0.223 e. The first kappa shape index (κ1) is 10.8. The lowest BCUT2D eigenvalue weighted by molar-refractivity contribution is 0.476. The Morgan fingerprint density at radius 3 is 2.47 bits per heavy atom. The van der Waals surface area contributed by atoms with Crippen LogP contribution in [0.1, 0.15) is 5.56 Å². The van der Waals surface area contributed by atoms with Crippen molar-refractivity contribution in [2.75, 3.05) is 0 Å². The highest BCUT2D eigenvalue weighted by atomic mass is 16.3. The number of hydrogen-bond acceptors (Lipinski definition) is 2. The van der Waals surface area contributed by atoms with Gasteiger partial charge in [0, 0.05) is 0 Å². The van der Waals surface area contributed by atoms with Gasteiger partial charge < -0.3 is 22.3 Å². The van der Waals surface area contributed by atoms with E-state index in [1.54, 1.807) is 18.2 Å². The van der Waals surface area contributed by atoms with E-state index in [1.165, 1.54) is 0 Å². The number of hydrogen-bond donors (Lipinski definition) is 4. The lowest BCUT2D eigenvalue weighted by atomic mass is 10.2. The topological polar surface area (TPSA) is 123 Å². The van der Waals surface area contributed by atoms with E-state index in [2.05, 4.69) is 9.98 Å². The number of aliphatic imine (C=N–C) groups is 2. The lowest BCUT2D eigenvalue weighted by Crippen LogP contribution is -2.26. The molecule has 0 aliphatic rings. The molecule has 80 valence electrons. The molecule has 7 N–H and O–H groups in total. The molecule has 15 heavy (non-hydrogen) atoms. The summed E-state index contributed by atoms with van der Waals surface area (Å²) in [6.07, 6.45) is 0. The number of guanidine groups is 2. The predicted molar refractivity (Wildman–Crippen MR) is 59.9 cm³/mol. The van der Waals surface area contributed by atoms with Gasteiger partial charge in [-0.3, -0.25) is 0 Å². The Hall–Kier alpha value is -2.24. The van der Waals surface area contributed by atoms with Gasteiger partial charge in [0.1, 0.15) is 11.4 Å². The Bertz CT molecular complexity index is 421. The van der Waals surface area contributed by atoms with Crippen LogP contribution in [0.3, 0.4) is 0 Å². The van der Waals surface area contributed by atoms with Gasteiger partial charge in [-0.2, -0.15) is 4.99 Å². The number of phenols is 1. The standard InChI is InChI=1S/C9H13N5O/c1-5-2-3-6(7(15)4-5)13-9(12)14-8(10)11/h2-4,15H,1H3,(H6,10,11,12,13,14). The van der Waals surface area contributed by atoms with Gasteiger partial charge in [-0.05, 0) is 24.6 Å². The molecule has 6 nitrogen and oxygen atoms in total. The number of benzene rings is 1. The molecule has 0 atom stereocenters. The zero-order valence-electron chi connectivity index (χ0n) is 8.31. The van der Waals surface area contributed by atoms with Gasteiger partial charge in [0.25, 0.3) is 0 Å². The first-order chi connectivity index (χ1) is 6.99. The van der Waals surface area contributed by atoms with E-state index in [0.717, 1.165) is 5.56 Å². The van der Waals surface area contributed by atoms with Gasteiger partial charge in [0.2, 0.25) is 5.96 Å². The van der Waals surface area contributed by atoms with Crippen molar-refractivity contribution in [1.29, 1.82) is 0 Å². The van der Waals surface area contributed by atoms with Gasteiger partial charge >= 0.3 is 0 Å². The maximum absolute atomic E-state index is 9.50. The summed E-state index contributed by atoms with van der Waals surface area (Å²) in [7, 11) is 0. The number of phenolic OH excluding ortho intramolecular Hbond substituents is 1. The minimum atomic E-state index is -0.178. The monoisotopic (exact) mass is 207 g/mol. The van der Waals surface area contributed by atoms with Crippen LogP contribution in [0.15, 0.2) is 28.2 Å². The molecule has 0 amide bonds. The molecule has 0 spiro atoms. The minimum absolute atomic E-state index is 0.0312. The number of aromatic hydroxyl groups is 1. The highest BCUT2D eigenvalue weighted by molar-refractivity contribution is 5.93. The second-order valence-electron chi connectivity index (χ2n) is 3.00. The lowest BCUT2D eigenvalue weighted by Gasteiger charge is -2.00. The summed E-state index contributed by atoms with van der Waals surface area (Å²) in [5.41, 5.74) is 16.9. The molecule has 6 heteroatoms. The van der Waals surface area contributed by atoms with Crippen LogP contribution in [0.25, 0.3) is 0 Å². The van der Waals surface area contributed by atoms with E-state index in [4.69, 9.17) is 17.2 Å². The van der Waals surface area contributed by atoms with Crippen LogP contribution in [-0.4, -0.2) is 17.0 Å². The largest absolute Gasteiger partial charge is 0.506 e. The molecular formula is C9H13N5O. The van der Waals surface area contributed by atoms with Crippen molar-refractivity contribution in [3.63, 3.8) is 0 Å². The van der Waals surface area contributed by atoms with E-state index >= 15 is 0 Å². The average Bonchev–Trinajstić information content (AvgIpc) is 2.08. The van der Waals surface area contributed by atoms with Gasteiger partial charge in [-0.1, -0.05) is 6.07 Å². The third-order valence-electron chi connectivity index (χ3n) is 1.61. The second-order valence-corrected chi connectivity index (χ2v) is 3.00. The van der Waals surface area contributed by atoms with Crippen LogP contribution in [0, 0.1) is 6.92 Å². The normalized spacial score (nSPS) is 11.1. The van der Waals surface area contributed by atoms with Crippen LogP contribution < -0.4 is 17.2 Å². The molecule has 0 aliphatic heterocycles. The predicted octanol–water partition coefficient (Wildman–Crippen LogP) is -0.0798. The van der Waals surface area contributed by atoms with Gasteiger partial charge in [-0.15, -0.1) is 0 Å². The third kappa shape index (κ3) is 3.18. The van der Waals surface area contributed by atoms with E-state index in [0.29, 0.717) is 5.69 Å². The maximum Gasteiger partial charge on any atom is 0.223 e. The van der Waals surface area contributed by atoms with Crippen LogP contribution in [-0.2, 0) is 0 Å². The molecule has 1 aromatic carbocycles. The van der Waals surface area contributed by atoms with E-state index in [9.17, 15) is 5.11 Å². The van der Waals surface area contributed by atoms with Crippen molar-refractivity contribution in [3.05, 3.63) is 23.8 Å². The van der Waals surface area contributed by atoms with Crippen molar-refractivity contribution in [2.24, 2.45) is 27.2 Å². The van der Waals surface area contributed by atoms with Crippen molar-refractivity contribution in [1.82, 2.24) is 0 Å². The van der Waals surface area contributed by atoms with E-state index in [1.807, 2.05) is 6.92 Å². The Morgan fingerprint density at radius 1 is 1.27 bits per heavy atom. The minimum Gasteiger partial charge on any atom is -0.506 e. The van der Waals surface area contributed by atoms with E-state index < -0.39 is 0 Å². The molecular weight excluding hydrogens is 194 g/mol. The van der Waals surface area contributed by atoms with Gasteiger partial charge in [-0.25, -0.2) is 4.99 Å². The van der Waals surface area contributed by atoms with Gasteiger partial charge in [0.15, 0.2) is 5.96 Å². The summed E-state index contributed by atoms with van der Waals surface area (Å²) in [5.74, 6) is -0.249. The second kappa shape index (κ2) is 4.32. The summed E-state index contributed by atoms with van der Waals surface area (Å²) in [6.45, 7) is 1.85. The average molecular weight is 207 g/mol.